The molecule has 270 valence electrons. The highest BCUT2D eigenvalue weighted by Crippen LogP contribution is 2.43. The molecule has 2 heterocycles. The summed E-state index contributed by atoms with van der Waals surface area (Å²) in [6.07, 6.45) is 3.65. The number of nitrogens with zero attached hydrogens (tertiary/aromatic N) is 3. The Morgan fingerprint density at radius 2 is 0.741 bits per heavy atom. The van der Waals surface area contributed by atoms with E-state index in [-0.39, 0.29) is 0 Å². The molecule has 3 heteroatoms. The topological polar surface area (TPSA) is 38.7 Å². The maximum Gasteiger partial charge on any atom is 0.160 e. The number of hydrogen-bond acceptors (Lipinski definition) is 3. The largest absolute Gasteiger partial charge is 0.265 e. The summed E-state index contributed by atoms with van der Waals surface area (Å²) in [5.74, 6) is 0.687. The minimum atomic E-state index is 0.687. The van der Waals surface area contributed by atoms with E-state index in [9.17, 15) is 0 Å². The Morgan fingerprint density at radius 3 is 1.41 bits per heavy atom. The molecule has 0 spiro atoms. The van der Waals surface area contributed by atoms with Crippen LogP contribution in [0.3, 0.4) is 0 Å². The van der Waals surface area contributed by atoms with E-state index in [1.165, 1.54) is 59.8 Å². The summed E-state index contributed by atoms with van der Waals surface area (Å²) in [5.41, 5.74) is 11.8. The minimum absolute atomic E-state index is 0.687. The van der Waals surface area contributed by atoms with Gasteiger partial charge in [0.25, 0.3) is 0 Å². The van der Waals surface area contributed by atoms with Gasteiger partial charge in [-0.15, -0.1) is 0 Å². The van der Waals surface area contributed by atoms with Gasteiger partial charge in [-0.1, -0.05) is 158 Å². The normalized spacial score (nSPS) is 11.4. The van der Waals surface area contributed by atoms with Crippen molar-refractivity contribution in [2.24, 2.45) is 0 Å². The standard InChI is InChI=1S/C55H35N3/c1-2-12-39(13-3-1)53-35-54(40-24-21-37(22-25-40)38-27-29-56-30-28-38)58-55(57-53)44-16-10-15-42(32-44)49-33-51-48-20-9-7-18-46(48)50(34-52(51)47-19-8-6-17-45(47)49)43-26-23-36-11-4-5-14-41(36)31-43/h1-35H. The van der Waals surface area contributed by atoms with E-state index in [0.29, 0.717) is 5.82 Å². The molecule has 0 saturated heterocycles. The molecule has 0 amide bonds. The van der Waals surface area contributed by atoms with E-state index < -0.39 is 0 Å². The molecule has 0 aliphatic carbocycles. The highest BCUT2D eigenvalue weighted by molar-refractivity contribution is 6.24. The smallest absolute Gasteiger partial charge is 0.160 e. The summed E-state index contributed by atoms with van der Waals surface area (Å²) in [4.78, 5) is 14.6. The Hall–Kier alpha value is -7.75. The van der Waals surface area contributed by atoms with Crippen molar-refractivity contribution in [1.82, 2.24) is 15.0 Å². The number of fused-ring (bicyclic) bond motifs is 6. The van der Waals surface area contributed by atoms with Gasteiger partial charge in [0.05, 0.1) is 11.4 Å². The Balaban J connectivity index is 1.07. The van der Waals surface area contributed by atoms with Gasteiger partial charge in [0, 0.05) is 29.1 Å². The fourth-order valence-corrected chi connectivity index (χ4v) is 8.47. The van der Waals surface area contributed by atoms with Crippen molar-refractivity contribution < 1.29 is 0 Å². The zero-order valence-electron chi connectivity index (χ0n) is 31.5. The number of aromatic nitrogens is 3. The van der Waals surface area contributed by atoms with E-state index in [2.05, 4.69) is 187 Å². The fraction of sp³-hybridized carbons (Fsp3) is 0. The highest BCUT2D eigenvalue weighted by Gasteiger charge is 2.17. The van der Waals surface area contributed by atoms with Crippen LogP contribution in [-0.2, 0) is 0 Å². The predicted octanol–water partition coefficient (Wildman–Crippen LogP) is 14.5. The van der Waals surface area contributed by atoms with Crippen LogP contribution in [0.4, 0.5) is 0 Å². The molecule has 0 atom stereocenters. The first-order valence-electron chi connectivity index (χ1n) is 19.7. The highest BCUT2D eigenvalue weighted by atomic mass is 14.9. The third-order valence-electron chi connectivity index (χ3n) is 11.4. The second-order valence-electron chi connectivity index (χ2n) is 14.8. The number of pyridine rings is 1. The minimum Gasteiger partial charge on any atom is -0.265 e. The van der Waals surface area contributed by atoms with E-state index in [1.54, 1.807) is 0 Å². The van der Waals surface area contributed by atoms with Gasteiger partial charge in [-0.05, 0) is 119 Å². The van der Waals surface area contributed by atoms with Gasteiger partial charge in [0.2, 0.25) is 0 Å². The van der Waals surface area contributed by atoms with E-state index in [4.69, 9.17) is 9.97 Å². The third kappa shape index (κ3) is 5.98. The van der Waals surface area contributed by atoms with Gasteiger partial charge in [0.15, 0.2) is 5.82 Å². The van der Waals surface area contributed by atoms with Crippen molar-refractivity contribution >= 4 is 43.1 Å². The first-order valence-corrected chi connectivity index (χ1v) is 19.7. The SMILES string of the molecule is c1ccc(-c2cc(-c3ccc(-c4ccncc4)cc3)nc(-c3cccc(-c4cc5c6ccccc6c(-c6ccc7ccccc7c6)cc5c5ccccc45)c3)n2)cc1. The van der Waals surface area contributed by atoms with Crippen LogP contribution in [0.15, 0.2) is 213 Å². The molecule has 9 aromatic carbocycles. The summed E-state index contributed by atoms with van der Waals surface area (Å²) < 4.78 is 0. The third-order valence-corrected chi connectivity index (χ3v) is 11.4. The lowest BCUT2D eigenvalue weighted by molar-refractivity contribution is 1.18. The molecule has 0 bridgehead atoms. The molecule has 58 heavy (non-hydrogen) atoms. The van der Waals surface area contributed by atoms with Crippen molar-refractivity contribution in [3.8, 4) is 67.3 Å². The Kier molecular flexibility index (Phi) is 8.15. The molecule has 0 radical (unpaired) electrons. The molecule has 0 aliphatic rings. The monoisotopic (exact) mass is 737 g/mol. The quantitative estimate of drug-likeness (QED) is 0.160. The molecule has 0 aliphatic heterocycles. The summed E-state index contributed by atoms with van der Waals surface area (Å²) in [5, 5.41) is 9.90. The molecule has 3 nitrogen and oxygen atoms in total. The molecule has 0 saturated carbocycles. The van der Waals surface area contributed by atoms with Crippen LogP contribution in [0.2, 0.25) is 0 Å². The molecular formula is C55H35N3. The lowest BCUT2D eigenvalue weighted by Gasteiger charge is -2.17. The van der Waals surface area contributed by atoms with Gasteiger partial charge >= 0.3 is 0 Å². The maximum atomic E-state index is 5.23. The maximum absolute atomic E-state index is 5.23. The van der Waals surface area contributed by atoms with Gasteiger partial charge in [0.1, 0.15) is 0 Å². The van der Waals surface area contributed by atoms with Crippen LogP contribution >= 0.6 is 0 Å². The van der Waals surface area contributed by atoms with E-state index in [1.807, 2.05) is 30.6 Å². The lowest BCUT2D eigenvalue weighted by Crippen LogP contribution is -1.96. The van der Waals surface area contributed by atoms with Gasteiger partial charge in [-0.3, -0.25) is 4.98 Å². The lowest BCUT2D eigenvalue weighted by atomic mass is 9.87. The van der Waals surface area contributed by atoms with E-state index >= 15 is 0 Å². The van der Waals surface area contributed by atoms with Crippen LogP contribution in [-0.4, -0.2) is 15.0 Å². The molecule has 0 fully saturated rings. The first kappa shape index (κ1) is 33.6. The first-order chi connectivity index (χ1) is 28.7. The Bertz CT molecular complexity index is 3320. The Morgan fingerprint density at radius 1 is 0.259 bits per heavy atom. The summed E-state index contributed by atoms with van der Waals surface area (Å²) in [6.45, 7) is 0. The Labute approximate surface area is 336 Å². The zero-order valence-corrected chi connectivity index (χ0v) is 31.5. The number of benzene rings is 9. The van der Waals surface area contributed by atoms with Crippen molar-refractivity contribution in [2.75, 3.05) is 0 Å². The summed E-state index contributed by atoms with van der Waals surface area (Å²) >= 11 is 0. The summed E-state index contributed by atoms with van der Waals surface area (Å²) in [6, 6.07) is 71.7. The van der Waals surface area contributed by atoms with Crippen molar-refractivity contribution in [1.29, 1.82) is 0 Å². The predicted molar refractivity (Wildman–Crippen MR) is 242 cm³/mol. The van der Waals surface area contributed by atoms with Crippen LogP contribution in [0, 0.1) is 0 Å². The second-order valence-corrected chi connectivity index (χ2v) is 14.8. The van der Waals surface area contributed by atoms with Crippen LogP contribution < -0.4 is 0 Å². The van der Waals surface area contributed by atoms with Crippen molar-refractivity contribution in [2.45, 2.75) is 0 Å². The van der Waals surface area contributed by atoms with Crippen LogP contribution in [0.1, 0.15) is 0 Å². The fourth-order valence-electron chi connectivity index (χ4n) is 8.47. The van der Waals surface area contributed by atoms with Gasteiger partial charge in [-0.2, -0.15) is 0 Å². The van der Waals surface area contributed by atoms with Gasteiger partial charge in [-0.25, -0.2) is 9.97 Å². The van der Waals surface area contributed by atoms with E-state index in [0.717, 1.165) is 44.8 Å². The molecule has 2 aromatic heterocycles. The molecule has 11 rings (SSSR count). The number of hydrogen-bond donors (Lipinski definition) is 0. The zero-order chi connectivity index (χ0) is 38.4. The molecule has 0 unspecified atom stereocenters. The van der Waals surface area contributed by atoms with Crippen LogP contribution in [0.5, 0.6) is 0 Å². The average Bonchev–Trinajstić information content (AvgIpc) is 3.31. The molecular weight excluding hydrogens is 703 g/mol. The van der Waals surface area contributed by atoms with Crippen LogP contribution in [0.25, 0.3) is 110 Å². The summed E-state index contributed by atoms with van der Waals surface area (Å²) in [7, 11) is 0. The number of rotatable bonds is 6. The van der Waals surface area contributed by atoms with Crippen molar-refractivity contribution in [3.05, 3.63) is 213 Å². The van der Waals surface area contributed by atoms with Crippen molar-refractivity contribution in [3.63, 3.8) is 0 Å². The molecule has 0 N–H and O–H groups in total. The van der Waals surface area contributed by atoms with Gasteiger partial charge < -0.3 is 0 Å². The average molecular weight is 738 g/mol. The molecule has 11 aromatic rings. The second kappa shape index (κ2) is 14.1.